The van der Waals surface area contributed by atoms with Gasteiger partial charge in [0.15, 0.2) is 0 Å². The molecule has 0 spiro atoms. The van der Waals surface area contributed by atoms with Crippen LogP contribution >= 0.6 is 12.4 Å². The van der Waals surface area contributed by atoms with Crippen molar-refractivity contribution >= 4 is 24.5 Å². The van der Waals surface area contributed by atoms with Crippen molar-refractivity contribution in [3.05, 3.63) is 35.9 Å². The van der Waals surface area contributed by atoms with Gasteiger partial charge in [0.05, 0.1) is 5.92 Å². The van der Waals surface area contributed by atoms with Crippen molar-refractivity contribution < 1.29 is 19.4 Å². The van der Waals surface area contributed by atoms with Crippen LogP contribution in [0.2, 0.25) is 0 Å². The van der Waals surface area contributed by atoms with Gasteiger partial charge in [-0.05, 0) is 24.3 Å². The van der Waals surface area contributed by atoms with Gasteiger partial charge in [0, 0.05) is 13.1 Å². The lowest BCUT2D eigenvalue weighted by Gasteiger charge is -2.32. The summed E-state index contributed by atoms with van der Waals surface area (Å²) in [5, 5.41) is 9.01. The van der Waals surface area contributed by atoms with E-state index in [1.165, 1.54) is 0 Å². The highest BCUT2D eigenvalue weighted by Crippen LogP contribution is 2.25. The zero-order chi connectivity index (χ0) is 15.2. The number of nitrogens with zero attached hydrogens (tertiary/aromatic N) is 1. The van der Waals surface area contributed by atoms with Crippen LogP contribution in [0.1, 0.15) is 25.3 Å². The standard InChI is InChI=1S/C16H21NO4.ClH/c1-12(15(18)19)14-7-9-17(10-8-14)16(20)21-11-13-5-3-2-4-6-13;/h2-6,12,14H,7-11H2,1H3,(H,18,19);1H. The number of carbonyl (C=O) groups excluding carboxylic acids is 1. The van der Waals surface area contributed by atoms with Crippen molar-refractivity contribution in [2.24, 2.45) is 11.8 Å². The SMILES string of the molecule is CC(C(=O)O)C1CCN(C(=O)OCc2ccccc2)CC1.Cl. The summed E-state index contributed by atoms with van der Waals surface area (Å²) in [4.78, 5) is 24.6. The highest BCUT2D eigenvalue weighted by atomic mass is 35.5. The third-order valence-corrected chi connectivity index (χ3v) is 4.10. The molecule has 1 aromatic carbocycles. The van der Waals surface area contributed by atoms with Gasteiger partial charge in [0.25, 0.3) is 0 Å². The summed E-state index contributed by atoms with van der Waals surface area (Å²) in [5.41, 5.74) is 0.959. The predicted octanol–water partition coefficient (Wildman–Crippen LogP) is 3.18. The monoisotopic (exact) mass is 327 g/mol. The summed E-state index contributed by atoms with van der Waals surface area (Å²) >= 11 is 0. The number of rotatable bonds is 4. The van der Waals surface area contributed by atoms with Gasteiger partial charge in [-0.1, -0.05) is 37.3 Å². The van der Waals surface area contributed by atoms with E-state index in [-0.39, 0.29) is 36.9 Å². The van der Waals surface area contributed by atoms with Gasteiger partial charge < -0.3 is 14.7 Å². The Labute approximate surface area is 136 Å². The minimum Gasteiger partial charge on any atom is -0.481 e. The van der Waals surface area contributed by atoms with E-state index in [4.69, 9.17) is 9.84 Å². The number of amides is 1. The van der Waals surface area contributed by atoms with Crippen molar-refractivity contribution in [2.45, 2.75) is 26.4 Å². The second-order valence-electron chi connectivity index (χ2n) is 5.49. The molecule has 0 saturated carbocycles. The van der Waals surface area contributed by atoms with Gasteiger partial charge in [-0.3, -0.25) is 4.79 Å². The quantitative estimate of drug-likeness (QED) is 0.922. The van der Waals surface area contributed by atoms with E-state index in [0.29, 0.717) is 25.9 Å². The summed E-state index contributed by atoms with van der Waals surface area (Å²) in [6, 6.07) is 9.55. The second-order valence-corrected chi connectivity index (χ2v) is 5.49. The van der Waals surface area contributed by atoms with Crippen LogP contribution in [0, 0.1) is 11.8 Å². The highest BCUT2D eigenvalue weighted by molar-refractivity contribution is 5.85. The fourth-order valence-electron chi connectivity index (χ4n) is 2.59. The maximum atomic E-state index is 12.0. The molecular formula is C16H22ClNO4. The van der Waals surface area contributed by atoms with E-state index < -0.39 is 5.97 Å². The molecule has 0 radical (unpaired) electrons. The molecule has 6 heteroatoms. The van der Waals surface area contributed by atoms with E-state index in [2.05, 4.69) is 0 Å². The molecule has 1 atom stereocenters. The zero-order valence-electron chi connectivity index (χ0n) is 12.6. The maximum absolute atomic E-state index is 12.0. The molecule has 1 heterocycles. The van der Waals surface area contributed by atoms with Gasteiger partial charge in [0.2, 0.25) is 0 Å². The zero-order valence-corrected chi connectivity index (χ0v) is 13.4. The van der Waals surface area contributed by atoms with Gasteiger partial charge in [-0.2, -0.15) is 0 Å². The Kier molecular flexibility index (Phi) is 7.18. The summed E-state index contributed by atoms with van der Waals surface area (Å²) in [5.74, 6) is -0.978. The van der Waals surface area contributed by atoms with E-state index in [9.17, 15) is 9.59 Å². The van der Waals surface area contributed by atoms with Gasteiger partial charge in [-0.15, -0.1) is 12.4 Å². The Balaban J connectivity index is 0.00000242. The lowest BCUT2D eigenvalue weighted by atomic mass is 9.85. The van der Waals surface area contributed by atoms with E-state index in [0.717, 1.165) is 5.56 Å². The summed E-state index contributed by atoms with van der Waals surface area (Å²) in [7, 11) is 0. The Morgan fingerprint density at radius 3 is 2.41 bits per heavy atom. The third kappa shape index (κ3) is 4.91. The first-order chi connectivity index (χ1) is 10.1. The van der Waals surface area contributed by atoms with E-state index in [1.54, 1.807) is 11.8 Å². The first kappa shape index (κ1) is 18.3. The number of piperidine rings is 1. The molecule has 0 bridgehead atoms. The lowest BCUT2D eigenvalue weighted by Crippen LogP contribution is -2.41. The molecule has 0 aliphatic carbocycles. The Morgan fingerprint density at radius 2 is 1.86 bits per heavy atom. The van der Waals surface area contributed by atoms with Crippen LogP contribution in [0.4, 0.5) is 4.79 Å². The summed E-state index contributed by atoms with van der Waals surface area (Å²) < 4.78 is 5.28. The van der Waals surface area contributed by atoms with Crippen LogP contribution in [0.3, 0.4) is 0 Å². The lowest BCUT2D eigenvalue weighted by molar-refractivity contribution is -0.143. The van der Waals surface area contributed by atoms with Gasteiger partial charge >= 0.3 is 12.1 Å². The first-order valence-electron chi connectivity index (χ1n) is 7.26. The minimum atomic E-state index is -0.764. The minimum absolute atomic E-state index is 0. The number of halogens is 1. The number of likely N-dealkylation sites (tertiary alicyclic amines) is 1. The average molecular weight is 328 g/mol. The third-order valence-electron chi connectivity index (χ3n) is 4.10. The second kappa shape index (κ2) is 8.63. The molecule has 1 aromatic rings. The number of carboxylic acids is 1. The average Bonchev–Trinajstić information content (AvgIpc) is 2.53. The number of ether oxygens (including phenoxy) is 1. The largest absolute Gasteiger partial charge is 0.481 e. The maximum Gasteiger partial charge on any atom is 0.410 e. The molecule has 0 aromatic heterocycles. The first-order valence-corrected chi connectivity index (χ1v) is 7.26. The molecule has 122 valence electrons. The molecule has 22 heavy (non-hydrogen) atoms. The van der Waals surface area contributed by atoms with E-state index in [1.807, 2.05) is 30.3 Å². The van der Waals surface area contributed by atoms with E-state index >= 15 is 0 Å². The van der Waals surface area contributed by atoms with Crippen LogP contribution in [0.5, 0.6) is 0 Å². The number of benzene rings is 1. The van der Waals surface area contributed by atoms with Gasteiger partial charge in [0.1, 0.15) is 6.61 Å². The molecule has 1 amide bonds. The molecule has 1 aliphatic rings. The summed E-state index contributed by atoms with van der Waals surface area (Å²) in [6.07, 6.45) is 1.11. The molecule has 1 aliphatic heterocycles. The van der Waals surface area contributed by atoms with Crippen LogP contribution in [0.25, 0.3) is 0 Å². The van der Waals surface area contributed by atoms with Crippen LogP contribution in [-0.4, -0.2) is 35.2 Å². The van der Waals surface area contributed by atoms with Crippen molar-refractivity contribution in [2.75, 3.05) is 13.1 Å². The highest BCUT2D eigenvalue weighted by Gasteiger charge is 2.30. The Bertz CT molecular complexity index is 486. The number of hydrogen-bond donors (Lipinski definition) is 1. The molecule has 5 nitrogen and oxygen atoms in total. The normalized spacial score (nSPS) is 16.5. The van der Waals surface area contributed by atoms with Crippen molar-refractivity contribution in [3.63, 3.8) is 0 Å². The number of carbonyl (C=O) groups is 2. The van der Waals surface area contributed by atoms with Crippen LogP contribution in [0.15, 0.2) is 30.3 Å². The molecule has 1 N–H and O–H groups in total. The Morgan fingerprint density at radius 1 is 1.27 bits per heavy atom. The molecular weight excluding hydrogens is 306 g/mol. The number of carboxylic acid groups (broad SMARTS) is 1. The smallest absolute Gasteiger partial charge is 0.410 e. The van der Waals surface area contributed by atoms with Crippen LogP contribution in [-0.2, 0) is 16.1 Å². The van der Waals surface area contributed by atoms with Crippen LogP contribution < -0.4 is 0 Å². The Hall–Kier alpha value is -1.75. The predicted molar refractivity (Wildman–Crippen MR) is 85.0 cm³/mol. The molecule has 2 rings (SSSR count). The number of aliphatic carboxylic acids is 1. The van der Waals surface area contributed by atoms with Crippen molar-refractivity contribution in [3.8, 4) is 0 Å². The molecule has 1 saturated heterocycles. The molecule has 1 unspecified atom stereocenters. The fraction of sp³-hybridized carbons (Fsp3) is 0.500. The fourth-order valence-corrected chi connectivity index (χ4v) is 2.59. The summed E-state index contributed by atoms with van der Waals surface area (Å²) in [6.45, 7) is 3.13. The van der Waals surface area contributed by atoms with Gasteiger partial charge in [-0.25, -0.2) is 4.79 Å². The molecule has 1 fully saturated rings. The van der Waals surface area contributed by atoms with Crippen molar-refractivity contribution in [1.82, 2.24) is 4.90 Å². The topological polar surface area (TPSA) is 66.8 Å². The number of hydrogen-bond acceptors (Lipinski definition) is 3. The van der Waals surface area contributed by atoms with Crippen molar-refractivity contribution in [1.29, 1.82) is 0 Å².